The zero-order valence-corrected chi connectivity index (χ0v) is 11.6. The number of aromatic hydroxyl groups is 1. The zero-order chi connectivity index (χ0) is 11.4. The summed E-state index contributed by atoms with van der Waals surface area (Å²) in [4.78, 5) is 13.4. The van der Waals surface area contributed by atoms with Gasteiger partial charge in [0.1, 0.15) is 12.0 Å². The Morgan fingerprint density at radius 2 is 2.11 bits per heavy atom. The molecule has 18 heavy (non-hydrogen) atoms. The van der Waals surface area contributed by atoms with Gasteiger partial charge in [-0.3, -0.25) is 9.69 Å². The van der Waals surface area contributed by atoms with Crippen LogP contribution in [0, 0.1) is 0 Å². The van der Waals surface area contributed by atoms with Crippen LogP contribution in [0.5, 0.6) is 5.75 Å². The molecule has 0 aromatic carbocycles. The van der Waals surface area contributed by atoms with Gasteiger partial charge in [-0.25, -0.2) is 0 Å². The highest BCUT2D eigenvalue weighted by Gasteiger charge is 2.11. The SMILES string of the molecule is Cl.Cl.O=c1cc(CN2CCCNCC2)occ1O. The van der Waals surface area contributed by atoms with E-state index in [1.807, 2.05) is 0 Å². The van der Waals surface area contributed by atoms with Crippen molar-refractivity contribution in [2.24, 2.45) is 0 Å². The van der Waals surface area contributed by atoms with Crippen molar-refractivity contribution >= 4 is 24.8 Å². The maximum atomic E-state index is 11.2. The molecular formula is C11H18Cl2N2O3. The molecule has 0 aliphatic carbocycles. The van der Waals surface area contributed by atoms with Crippen LogP contribution in [0.1, 0.15) is 12.2 Å². The van der Waals surface area contributed by atoms with Crippen molar-refractivity contribution in [3.63, 3.8) is 0 Å². The smallest absolute Gasteiger partial charge is 0.226 e. The Morgan fingerprint density at radius 3 is 2.83 bits per heavy atom. The minimum absolute atomic E-state index is 0. The molecule has 1 fully saturated rings. The first-order valence-electron chi connectivity index (χ1n) is 5.49. The zero-order valence-electron chi connectivity index (χ0n) is 9.92. The molecule has 2 rings (SSSR count). The fraction of sp³-hybridized carbons (Fsp3) is 0.545. The van der Waals surface area contributed by atoms with E-state index in [1.54, 1.807) is 0 Å². The van der Waals surface area contributed by atoms with Crippen molar-refractivity contribution in [3.05, 3.63) is 28.3 Å². The Hall–Kier alpha value is -0.750. The number of rotatable bonds is 2. The van der Waals surface area contributed by atoms with Crippen molar-refractivity contribution in [3.8, 4) is 5.75 Å². The van der Waals surface area contributed by atoms with Gasteiger partial charge in [0, 0.05) is 19.2 Å². The average Bonchev–Trinajstić information content (AvgIpc) is 2.52. The average molecular weight is 297 g/mol. The molecule has 2 heterocycles. The van der Waals surface area contributed by atoms with Gasteiger partial charge in [0.25, 0.3) is 0 Å². The summed E-state index contributed by atoms with van der Waals surface area (Å²) in [5.74, 6) is 0.269. The molecule has 1 aliphatic rings. The van der Waals surface area contributed by atoms with E-state index in [9.17, 15) is 4.79 Å². The molecule has 0 saturated carbocycles. The molecule has 1 aromatic heterocycles. The van der Waals surface area contributed by atoms with Gasteiger partial charge in [0.15, 0.2) is 5.75 Å². The Balaban J connectivity index is 0.00000144. The van der Waals surface area contributed by atoms with E-state index in [-0.39, 0.29) is 36.0 Å². The number of nitrogens with one attached hydrogen (secondary N) is 1. The summed E-state index contributed by atoms with van der Waals surface area (Å²) < 4.78 is 5.17. The second kappa shape index (κ2) is 8.37. The van der Waals surface area contributed by atoms with Crippen LogP contribution in [0.4, 0.5) is 0 Å². The lowest BCUT2D eigenvalue weighted by molar-refractivity contribution is 0.254. The van der Waals surface area contributed by atoms with Crippen LogP contribution in [0.15, 0.2) is 21.5 Å². The number of hydrogen-bond acceptors (Lipinski definition) is 5. The van der Waals surface area contributed by atoms with E-state index < -0.39 is 0 Å². The second-order valence-electron chi connectivity index (χ2n) is 3.98. The van der Waals surface area contributed by atoms with Gasteiger partial charge in [-0.2, -0.15) is 0 Å². The summed E-state index contributed by atoms with van der Waals surface area (Å²) in [6, 6.07) is 1.35. The van der Waals surface area contributed by atoms with Crippen molar-refractivity contribution in [2.75, 3.05) is 26.2 Å². The molecule has 7 heteroatoms. The Morgan fingerprint density at radius 1 is 1.33 bits per heavy atom. The Labute approximate surface area is 118 Å². The fourth-order valence-electron chi connectivity index (χ4n) is 1.81. The van der Waals surface area contributed by atoms with E-state index in [0.29, 0.717) is 12.3 Å². The first kappa shape index (κ1) is 17.2. The van der Waals surface area contributed by atoms with E-state index in [1.165, 1.54) is 6.07 Å². The van der Waals surface area contributed by atoms with Crippen molar-refractivity contribution in [1.82, 2.24) is 10.2 Å². The third-order valence-electron chi connectivity index (χ3n) is 2.68. The minimum Gasteiger partial charge on any atom is -0.502 e. The molecule has 1 aromatic rings. The van der Waals surface area contributed by atoms with Crippen LogP contribution in [0.3, 0.4) is 0 Å². The maximum Gasteiger partial charge on any atom is 0.226 e. The van der Waals surface area contributed by atoms with E-state index in [0.717, 1.165) is 38.9 Å². The van der Waals surface area contributed by atoms with Crippen LogP contribution in [-0.2, 0) is 6.54 Å². The third-order valence-corrected chi connectivity index (χ3v) is 2.68. The Kier molecular flexibility index (Phi) is 8.02. The lowest BCUT2D eigenvalue weighted by Crippen LogP contribution is -2.27. The minimum atomic E-state index is -0.380. The topological polar surface area (TPSA) is 65.7 Å². The van der Waals surface area contributed by atoms with Gasteiger partial charge >= 0.3 is 0 Å². The van der Waals surface area contributed by atoms with Crippen LogP contribution < -0.4 is 10.7 Å². The first-order valence-corrected chi connectivity index (χ1v) is 5.49. The van der Waals surface area contributed by atoms with Crippen LogP contribution in [-0.4, -0.2) is 36.2 Å². The molecule has 5 nitrogen and oxygen atoms in total. The highest BCUT2D eigenvalue weighted by Crippen LogP contribution is 2.07. The molecule has 0 amide bonds. The van der Waals surface area contributed by atoms with E-state index in [2.05, 4.69) is 10.2 Å². The molecule has 104 valence electrons. The molecule has 0 radical (unpaired) electrons. The van der Waals surface area contributed by atoms with E-state index >= 15 is 0 Å². The van der Waals surface area contributed by atoms with Gasteiger partial charge in [0.05, 0.1) is 6.54 Å². The first-order chi connectivity index (χ1) is 7.75. The van der Waals surface area contributed by atoms with Gasteiger partial charge in [-0.1, -0.05) is 0 Å². The van der Waals surface area contributed by atoms with Crippen LogP contribution >= 0.6 is 24.8 Å². The summed E-state index contributed by atoms with van der Waals surface area (Å²) in [5, 5.41) is 12.4. The molecule has 0 unspecified atom stereocenters. The van der Waals surface area contributed by atoms with Crippen LogP contribution in [0.2, 0.25) is 0 Å². The largest absolute Gasteiger partial charge is 0.502 e. The highest BCUT2D eigenvalue weighted by atomic mass is 35.5. The summed E-state index contributed by atoms with van der Waals surface area (Å²) >= 11 is 0. The standard InChI is InChI=1S/C11H16N2O3.2ClH/c14-10-6-9(16-8-11(10)15)7-13-4-1-2-12-3-5-13;;/h6,8,12,15H,1-5,7H2;2*1H. The maximum absolute atomic E-state index is 11.2. The summed E-state index contributed by atoms with van der Waals surface area (Å²) in [6.45, 7) is 4.57. The second-order valence-corrected chi connectivity index (χ2v) is 3.98. The number of nitrogens with zero attached hydrogens (tertiary/aromatic N) is 1. The fourth-order valence-corrected chi connectivity index (χ4v) is 1.81. The van der Waals surface area contributed by atoms with Gasteiger partial charge in [0.2, 0.25) is 5.43 Å². The normalized spacial score (nSPS) is 16.2. The van der Waals surface area contributed by atoms with Crippen LogP contribution in [0.25, 0.3) is 0 Å². The Bertz CT molecular complexity index is 404. The molecule has 2 N–H and O–H groups in total. The predicted molar refractivity (Wildman–Crippen MR) is 73.9 cm³/mol. The van der Waals surface area contributed by atoms with Gasteiger partial charge in [-0.15, -0.1) is 24.8 Å². The lowest BCUT2D eigenvalue weighted by Gasteiger charge is -2.18. The monoisotopic (exact) mass is 296 g/mol. The lowest BCUT2D eigenvalue weighted by atomic mass is 10.3. The molecule has 0 spiro atoms. The number of hydrogen-bond donors (Lipinski definition) is 2. The summed E-state index contributed by atoms with van der Waals surface area (Å²) in [5.41, 5.74) is -0.380. The van der Waals surface area contributed by atoms with Crippen molar-refractivity contribution in [1.29, 1.82) is 0 Å². The molecule has 0 bridgehead atoms. The predicted octanol–water partition coefficient (Wildman–Crippen LogP) is 0.984. The molecule has 0 atom stereocenters. The summed E-state index contributed by atoms with van der Waals surface area (Å²) in [7, 11) is 0. The van der Waals surface area contributed by atoms with Crippen molar-refractivity contribution in [2.45, 2.75) is 13.0 Å². The van der Waals surface area contributed by atoms with E-state index in [4.69, 9.17) is 9.52 Å². The number of halogens is 2. The van der Waals surface area contributed by atoms with Gasteiger partial charge in [-0.05, 0) is 19.5 Å². The molecule has 1 aliphatic heterocycles. The molecule has 1 saturated heterocycles. The van der Waals surface area contributed by atoms with Crippen molar-refractivity contribution < 1.29 is 9.52 Å². The van der Waals surface area contributed by atoms with Gasteiger partial charge < -0.3 is 14.8 Å². The summed E-state index contributed by atoms with van der Waals surface area (Å²) in [6.07, 6.45) is 2.20. The molecular weight excluding hydrogens is 279 g/mol. The highest BCUT2D eigenvalue weighted by molar-refractivity contribution is 5.85. The quantitative estimate of drug-likeness (QED) is 0.852. The third kappa shape index (κ3) is 4.86.